The fourth-order valence-corrected chi connectivity index (χ4v) is 4.22. The molecule has 2 atom stereocenters. The molecule has 0 bridgehead atoms. The summed E-state index contributed by atoms with van der Waals surface area (Å²) in [6.45, 7) is 3.98. The lowest BCUT2D eigenvalue weighted by atomic mass is 9.92. The number of fused-ring (bicyclic) bond motifs is 1. The maximum absolute atomic E-state index is 12.7. The molecule has 8 heteroatoms. The largest absolute Gasteiger partial charge is 0.346 e. The van der Waals surface area contributed by atoms with E-state index in [0.29, 0.717) is 17.5 Å². The number of rotatable bonds is 3. The van der Waals surface area contributed by atoms with Crippen LogP contribution in [0.3, 0.4) is 0 Å². The molecule has 148 valence electrons. The molecule has 3 aliphatic rings. The third kappa shape index (κ3) is 3.40. The van der Waals surface area contributed by atoms with Gasteiger partial charge in [0.05, 0.1) is 5.54 Å². The highest BCUT2D eigenvalue weighted by molar-refractivity contribution is 6.06. The van der Waals surface area contributed by atoms with Gasteiger partial charge in [-0.25, -0.2) is 0 Å². The molecule has 0 radical (unpaired) electrons. The van der Waals surface area contributed by atoms with Crippen LogP contribution in [0, 0.1) is 0 Å². The number of amides is 4. The molecule has 3 aliphatic heterocycles. The van der Waals surface area contributed by atoms with Crippen molar-refractivity contribution in [3.63, 3.8) is 0 Å². The highest BCUT2D eigenvalue weighted by Gasteiger charge is 2.39. The van der Waals surface area contributed by atoms with Crippen molar-refractivity contribution in [2.75, 3.05) is 13.1 Å². The van der Waals surface area contributed by atoms with Crippen LogP contribution in [0.15, 0.2) is 18.2 Å². The molecule has 2 unspecified atom stereocenters. The van der Waals surface area contributed by atoms with Crippen LogP contribution < -0.4 is 16.0 Å². The summed E-state index contributed by atoms with van der Waals surface area (Å²) in [5.74, 6) is -1.15. The van der Waals surface area contributed by atoms with Crippen LogP contribution in [-0.2, 0) is 16.1 Å². The number of benzene rings is 1. The molecule has 8 nitrogen and oxygen atoms in total. The van der Waals surface area contributed by atoms with Gasteiger partial charge in [0, 0.05) is 30.6 Å². The summed E-state index contributed by atoms with van der Waals surface area (Å²) in [5.41, 5.74) is 1.45. The minimum atomic E-state index is -0.651. The number of imide groups is 1. The van der Waals surface area contributed by atoms with Gasteiger partial charge in [-0.1, -0.05) is 0 Å². The number of nitrogens with one attached hydrogen (secondary N) is 3. The number of piperidine rings is 2. The summed E-state index contributed by atoms with van der Waals surface area (Å²) >= 11 is 0. The van der Waals surface area contributed by atoms with E-state index < -0.39 is 11.9 Å². The predicted molar refractivity (Wildman–Crippen MR) is 100 cm³/mol. The van der Waals surface area contributed by atoms with E-state index in [2.05, 4.69) is 16.0 Å². The molecule has 0 aromatic heterocycles. The van der Waals surface area contributed by atoms with E-state index in [-0.39, 0.29) is 36.2 Å². The first-order valence-corrected chi connectivity index (χ1v) is 9.67. The Morgan fingerprint density at radius 3 is 2.82 bits per heavy atom. The summed E-state index contributed by atoms with van der Waals surface area (Å²) in [6, 6.07) is 4.38. The molecule has 0 saturated carbocycles. The Labute approximate surface area is 163 Å². The van der Waals surface area contributed by atoms with Gasteiger partial charge in [-0.15, -0.1) is 0 Å². The third-order valence-corrected chi connectivity index (χ3v) is 5.80. The second-order valence-corrected chi connectivity index (χ2v) is 8.07. The Kier molecular flexibility index (Phi) is 4.66. The SMILES string of the molecule is CC1(NC(=O)c2ccc3c(c2)CN(C2CCC(=O)NC2=O)C3=O)CCCNC1. The van der Waals surface area contributed by atoms with Crippen LogP contribution in [0.1, 0.15) is 58.9 Å². The molecular formula is C20H24N4O4. The molecule has 0 spiro atoms. The first kappa shape index (κ1) is 18.6. The molecule has 1 aromatic carbocycles. The van der Waals surface area contributed by atoms with Crippen LogP contribution >= 0.6 is 0 Å². The van der Waals surface area contributed by atoms with E-state index in [1.165, 1.54) is 4.90 Å². The number of carbonyl (C=O) groups excluding carboxylic acids is 4. The van der Waals surface area contributed by atoms with Gasteiger partial charge >= 0.3 is 0 Å². The minimum Gasteiger partial charge on any atom is -0.346 e. The Hall–Kier alpha value is -2.74. The Bertz CT molecular complexity index is 860. The molecule has 3 N–H and O–H groups in total. The minimum absolute atomic E-state index is 0.166. The van der Waals surface area contributed by atoms with E-state index >= 15 is 0 Å². The molecule has 1 aromatic rings. The van der Waals surface area contributed by atoms with Gasteiger partial charge in [0.2, 0.25) is 11.8 Å². The van der Waals surface area contributed by atoms with E-state index in [4.69, 9.17) is 0 Å². The summed E-state index contributed by atoms with van der Waals surface area (Å²) < 4.78 is 0. The van der Waals surface area contributed by atoms with Crippen molar-refractivity contribution in [1.29, 1.82) is 0 Å². The van der Waals surface area contributed by atoms with Crippen LogP contribution in [0.5, 0.6) is 0 Å². The maximum atomic E-state index is 12.7. The highest BCUT2D eigenvalue weighted by atomic mass is 16.2. The summed E-state index contributed by atoms with van der Waals surface area (Å²) in [5, 5.41) is 8.69. The van der Waals surface area contributed by atoms with Crippen molar-refractivity contribution in [2.45, 2.75) is 50.7 Å². The average molecular weight is 384 g/mol. The molecular weight excluding hydrogens is 360 g/mol. The smallest absolute Gasteiger partial charge is 0.255 e. The molecule has 2 fully saturated rings. The van der Waals surface area contributed by atoms with E-state index in [0.717, 1.165) is 31.5 Å². The summed E-state index contributed by atoms with van der Waals surface area (Å²) in [4.78, 5) is 50.4. The first-order chi connectivity index (χ1) is 13.4. The molecule has 0 aliphatic carbocycles. The average Bonchev–Trinajstić information content (AvgIpc) is 2.98. The predicted octanol–water partition coefficient (Wildman–Crippen LogP) is 0.320. The van der Waals surface area contributed by atoms with Crippen LogP contribution in [0.4, 0.5) is 0 Å². The zero-order valence-electron chi connectivity index (χ0n) is 15.8. The van der Waals surface area contributed by atoms with Gasteiger partial charge in [-0.2, -0.15) is 0 Å². The Balaban J connectivity index is 1.50. The number of nitrogens with zero attached hydrogens (tertiary/aromatic N) is 1. The standard InChI is InChI=1S/C20H24N4O4/c1-20(7-2-8-21-11-20)23-17(26)12-3-4-14-13(9-12)10-24(19(14)28)15-5-6-16(25)22-18(15)27/h3-4,9,15,21H,2,5-8,10-11H2,1H3,(H,23,26)(H,22,25,27). The van der Waals surface area contributed by atoms with Crippen molar-refractivity contribution in [2.24, 2.45) is 0 Å². The highest BCUT2D eigenvalue weighted by Crippen LogP contribution is 2.28. The third-order valence-electron chi connectivity index (χ3n) is 5.80. The number of hydrogen-bond acceptors (Lipinski definition) is 5. The van der Waals surface area contributed by atoms with Crippen LogP contribution in [0.25, 0.3) is 0 Å². The second-order valence-electron chi connectivity index (χ2n) is 8.07. The van der Waals surface area contributed by atoms with Crippen molar-refractivity contribution in [1.82, 2.24) is 20.9 Å². The van der Waals surface area contributed by atoms with E-state index in [1.807, 2.05) is 6.92 Å². The Morgan fingerprint density at radius 1 is 1.29 bits per heavy atom. The topological polar surface area (TPSA) is 108 Å². The lowest BCUT2D eigenvalue weighted by Crippen LogP contribution is -2.55. The van der Waals surface area contributed by atoms with E-state index in [1.54, 1.807) is 18.2 Å². The second kappa shape index (κ2) is 7.01. The molecule has 4 rings (SSSR count). The van der Waals surface area contributed by atoms with Crippen LogP contribution in [0.2, 0.25) is 0 Å². The first-order valence-electron chi connectivity index (χ1n) is 9.67. The lowest BCUT2D eigenvalue weighted by Gasteiger charge is -2.35. The zero-order chi connectivity index (χ0) is 19.9. The van der Waals surface area contributed by atoms with Crippen molar-refractivity contribution in [3.05, 3.63) is 34.9 Å². The van der Waals surface area contributed by atoms with Gasteiger partial charge in [-0.05, 0) is 56.5 Å². The van der Waals surface area contributed by atoms with Crippen LogP contribution in [-0.4, -0.2) is 53.2 Å². The molecule has 28 heavy (non-hydrogen) atoms. The van der Waals surface area contributed by atoms with Gasteiger partial charge in [-0.3, -0.25) is 24.5 Å². The van der Waals surface area contributed by atoms with Crippen molar-refractivity contribution < 1.29 is 19.2 Å². The summed E-state index contributed by atoms with van der Waals surface area (Å²) in [6.07, 6.45) is 2.47. The number of carbonyl (C=O) groups is 4. The number of hydrogen-bond donors (Lipinski definition) is 3. The van der Waals surface area contributed by atoms with Crippen molar-refractivity contribution >= 4 is 23.6 Å². The lowest BCUT2D eigenvalue weighted by molar-refractivity contribution is -0.136. The van der Waals surface area contributed by atoms with Gasteiger partial charge in [0.1, 0.15) is 6.04 Å². The van der Waals surface area contributed by atoms with Gasteiger partial charge in [0.25, 0.3) is 11.8 Å². The maximum Gasteiger partial charge on any atom is 0.255 e. The zero-order valence-corrected chi connectivity index (χ0v) is 15.8. The fourth-order valence-electron chi connectivity index (χ4n) is 4.22. The van der Waals surface area contributed by atoms with Gasteiger partial charge < -0.3 is 15.5 Å². The van der Waals surface area contributed by atoms with Crippen molar-refractivity contribution in [3.8, 4) is 0 Å². The molecule has 3 heterocycles. The monoisotopic (exact) mass is 384 g/mol. The summed E-state index contributed by atoms with van der Waals surface area (Å²) in [7, 11) is 0. The quantitative estimate of drug-likeness (QED) is 0.651. The molecule has 2 saturated heterocycles. The van der Waals surface area contributed by atoms with E-state index in [9.17, 15) is 19.2 Å². The normalized spacial score (nSPS) is 27.4. The molecule has 4 amide bonds. The van der Waals surface area contributed by atoms with Gasteiger partial charge in [0.15, 0.2) is 0 Å². The Morgan fingerprint density at radius 2 is 2.11 bits per heavy atom. The fraction of sp³-hybridized carbons (Fsp3) is 0.500.